The van der Waals surface area contributed by atoms with Crippen LogP contribution in [0, 0.1) is 13.8 Å². The molecular formula is C18H29ClN2O4S. The molecule has 1 aromatic carbocycles. The molecule has 0 aromatic heterocycles. The van der Waals surface area contributed by atoms with E-state index in [0.29, 0.717) is 32.5 Å². The number of benzene rings is 1. The van der Waals surface area contributed by atoms with Crippen LogP contribution in [0.3, 0.4) is 0 Å². The minimum absolute atomic E-state index is 0. The Hall–Kier alpha value is -1.15. The molecule has 0 spiro atoms. The molecule has 6 nitrogen and oxygen atoms in total. The smallest absolute Gasteiger partial charge is 0.317 e. The quantitative estimate of drug-likeness (QED) is 0.755. The van der Waals surface area contributed by atoms with Gasteiger partial charge in [0.2, 0.25) is 10.0 Å². The molecule has 1 aliphatic rings. The van der Waals surface area contributed by atoms with E-state index in [1.807, 2.05) is 18.7 Å². The number of rotatable bonds is 7. The topological polar surface area (TPSA) is 77.9 Å². The van der Waals surface area contributed by atoms with Gasteiger partial charge in [-0.25, -0.2) is 12.7 Å². The van der Waals surface area contributed by atoms with Gasteiger partial charge in [-0.1, -0.05) is 29.3 Å². The molecule has 1 fully saturated rings. The van der Waals surface area contributed by atoms with E-state index >= 15 is 0 Å². The van der Waals surface area contributed by atoms with Crippen molar-refractivity contribution in [2.75, 3.05) is 25.4 Å². The zero-order valence-electron chi connectivity index (χ0n) is 15.6. The monoisotopic (exact) mass is 404 g/mol. The normalized spacial score (nSPS) is 16.5. The van der Waals surface area contributed by atoms with Crippen molar-refractivity contribution in [2.45, 2.75) is 46.2 Å². The van der Waals surface area contributed by atoms with Crippen LogP contribution in [0.5, 0.6) is 0 Å². The van der Waals surface area contributed by atoms with Gasteiger partial charge < -0.3 is 5.11 Å². The molecule has 2 rings (SSSR count). The lowest BCUT2D eigenvalue weighted by atomic mass is 10.0. The van der Waals surface area contributed by atoms with Gasteiger partial charge in [0.05, 0.1) is 12.3 Å². The molecule has 1 saturated heterocycles. The highest BCUT2D eigenvalue weighted by Crippen LogP contribution is 2.22. The Bertz CT molecular complexity index is 696. The van der Waals surface area contributed by atoms with Gasteiger partial charge in [-0.2, -0.15) is 0 Å². The summed E-state index contributed by atoms with van der Waals surface area (Å²) in [7, 11) is -3.17. The number of hydrogen-bond acceptors (Lipinski definition) is 4. The summed E-state index contributed by atoms with van der Waals surface area (Å²) in [6.45, 7) is 7.18. The van der Waals surface area contributed by atoms with Gasteiger partial charge in [-0.15, -0.1) is 12.4 Å². The van der Waals surface area contributed by atoms with E-state index in [2.05, 4.69) is 18.2 Å². The molecule has 26 heavy (non-hydrogen) atoms. The fourth-order valence-corrected chi connectivity index (χ4v) is 4.68. The van der Waals surface area contributed by atoms with Crippen LogP contribution < -0.4 is 0 Å². The summed E-state index contributed by atoms with van der Waals surface area (Å²) in [4.78, 5) is 13.3. The van der Waals surface area contributed by atoms with Crippen molar-refractivity contribution < 1.29 is 18.3 Å². The predicted octanol–water partition coefficient (Wildman–Crippen LogP) is 2.43. The molecule has 1 heterocycles. The number of carboxylic acids is 1. The minimum Gasteiger partial charge on any atom is -0.480 e. The minimum atomic E-state index is -3.17. The predicted molar refractivity (Wildman–Crippen MR) is 105 cm³/mol. The summed E-state index contributed by atoms with van der Waals surface area (Å²) in [5.74, 6) is -0.744. The van der Waals surface area contributed by atoms with Crippen molar-refractivity contribution in [2.24, 2.45) is 0 Å². The van der Waals surface area contributed by atoms with Crippen LogP contribution >= 0.6 is 12.4 Å². The molecule has 0 atom stereocenters. The zero-order chi connectivity index (χ0) is 18.6. The second-order valence-corrected chi connectivity index (χ2v) is 9.08. The number of carbonyl (C=O) groups is 1. The standard InChI is InChI=1S/C18H28N2O4S.ClH/c1-4-25(23,24)20-7-5-17(6-8-20)19(13-18(21)22)12-16-10-14(2)9-15(3)11-16;/h9-11,17H,4-8,12-13H2,1-3H3,(H,21,22);1H. The lowest BCUT2D eigenvalue weighted by molar-refractivity contribution is -0.139. The van der Waals surface area contributed by atoms with E-state index in [1.165, 1.54) is 4.31 Å². The van der Waals surface area contributed by atoms with Gasteiger partial charge in [0, 0.05) is 25.7 Å². The van der Waals surface area contributed by atoms with E-state index in [-0.39, 0.29) is 30.7 Å². The van der Waals surface area contributed by atoms with Crippen LogP contribution in [0.2, 0.25) is 0 Å². The van der Waals surface area contributed by atoms with Crippen molar-refractivity contribution in [3.05, 3.63) is 34.9 Å². The number of sulfonamides is 1. The molecule has 0 aliphatic carbocycles. The lowest BCUT2D eigenvalue weighted by Gasteiger charge is -2.37. The van der Waals surface area contributed by atoms with Crippen LogP contribution in [0.1, 0.15) is 36.5 Å². The number of piperidine rings is 1. The molecule has 0 unspecified atom stereocenters. The molecule has 1 N–H and O–H groups in total. The first-order chi connectivity index (χ1) is 11.7. The molecular weight excluding hydrogens is 376 g/mol. The lowest BCUT2D eigenvalue weighted by Crippen LogP contribution is -2.48. The van der Waals surface area contributed by atoms with Gasteiger partial charge in [-0.3, -0.25) is 9.69 Å². The SMILES string of the molecule is CCS(=O)(=O)N1CCC(N(CC(=O)O)Cc2cc(C)cc(C)c2)CC1.Cl. The number of carboxylic acid groups (broad SMARTS) is 1. The Morgan fingerprint density at radius 2 is 1.73 bits per heavy atom. The third-order valence-electron chi connectivity index (χ3n) is 4.70. The average molecular weight is 405 g/mol. The molecule has 148 valence electrons. The van der Waals surface area contributed by atoms with Crippen molar-refractivity contribution in [3.8, 4) is 0 Å². The first-order valence-electron chi connectivity index (χ1n) is 8.72. The number of aliphatic carboxylic acids is 1. The zero-order valence-corrected chi connectivity index (χ0v) is 17.3. The van der Waals surface area contributed by atoms with Crippen LogP contribution in [0.4, 0.5) is 0 Å². The Morgan fingerprint density at radius 1 is 1.19 bits per heavy atom. The summed E-state index contributed by atoms with van der Waals surface area (Å²) in [5.41, 5.74) is 3.42. The average Bonchev–Trinajstić information content (AvgIpc) is 2.53. The largest absolute Gasteiger partial charge is 0.480 e. The van der Waals surface area contributed by atoms with E-state index in [1.54, 1.807) is 6.92 Å². The van der Waals surface area contributed by atoms with Gasteiger partial charge in [0.1, 0.15) is 0 Å². The molecule has 0 radical (unpaired) electrons. The van der Waals surface area contributed by atoms with Crippen molar-refractivity contribution in [3.63, 3.8) is 0 Å². The number of halogens is 1. The third kappa shape index (κ3) is 6.23. The molecule has 0 bridgehead atoms. The highest BCUT2D eigenvalue weighted by molar-refractivity contribution is 7.89. The van der Waals surface area contributed by atoms with E-state index in [9.17, 15) is 18.3 Å². The van der Waals surface area contributed by atoms with Gasteiger partial charge in [0.15, 0.2) is 0 Å². The second-order valence-electron chi connectivity index (χ2n) is 6.83. The third-order valence-corrected chi connectivity index (χ3v) is 6.59. The maximum absolute atomic E-state index is 12.0. The van der Waals surface area contributed by atoms with Crippen LogP contribution in [-0.4, -0.2) is 60.1 Å². The Labute approximate surface area is 162 Å². The number of nitrogens with zero attached hydrogens (tertiary/aromatic N) is 2. The van der Waals surface area contributed by atoms with E-state index in [0.717, 1.165) is 16.7 Å². The molecule has 8 heteroatoms. The first-order valence-corrected chi connectivity index (χ1v) is 10.3. The fourth-order valence-electron chi connectivity index (χ4n) is 3.55. The van der Waals surface area contributed by atoms with Crippen molar-refractivity contribution in [1.29, 1.82) is 0 Å². The van der Waals surface area contributed by atoms with Crippen molar-refractivity contribution >= 4 is 28.4 Å². The summed E-state index contributed by atoms with van der Waals surface area (Å²) in [6, 6.07) is 6.34. The molecule has 1 aromatic rings. The summed E-state index contributed by atoms with van der Waals surface area (Å²) >= 11 is 0. The van der Waals surface area contributed by atoms with Crippen LogP contribution in [0.15, 0.2) is 18.2 Å². The van der Waals surface area contributed by atoms with Crippen molar-refractivity contribution in [1.82, 2.24) is 9.21 Å². The molecule has 0 saturated carbocycles. The highest BCUT2D eigenvalue weighted by Gasteiger charge is 2.30. The van der Waals surface area contributed by atoms with E-state index in [4.69, 9.17) is 0 Å². The first kappa shape index (κ1) is 22.9. The molecule has 0 amide bonds. The highest BCUT2D eigenvalue weighted by atomic mass is 35.5. The van der Waals surface area contributed by atoms with E-state index < -0.39 is 16.0 Å². The molecule has 1 aliphatic heterocycles. The maximum atomic E-state index is 12.0. The summed E-state index contributed by atoms with van der Waals surface area (Å²) in [6.07, 6.45) is 1.33. The Kier molecular flexibility index (Phi) is 8.53. The Morgan fingerprint density at radius 3 is 2.19 bits per heavy atom. The summed E-state index contributed by atoms with van der Waals surface area (Å²) in [5, 5.41) is 9.27. The van der Waals surface area contributed by atoms with Gasteiger partial charge in [-0.05, 0) is 39.2 Å². The Balaban J connectivity index is 0.00000338. The maximum Gasteiger partial charge on any atom is 0.317 e. The van der Waals surface area contributed by atoms with Crippen LogP contribution in [0.25, 0.3) is 0 Å². The number of aryl methyl sites for hydroxylation is 2. The summed E-state index contributed by atoms with van der Waals surface area (Å²) < 4.78 is 25.5. The van der Waals surface area contributed by atoms with Gasteiger partial charge in [0.25, 0.3) is 0 Å². The second kappa shape index (κ2) is 9.69. The fraction of sp³-hybridized carbons (Fsp3) is 0.611. The number of hydrogen-bond donors (Lipinski definition) is 1. The van der Waals surface area contributed by atoms with Crippen LogP contribution in [-0.2, 0) is 21.4 Å². The van der Waals surface area contributed by atoms with Gasteiger partial charge >= 0.3 is 5.97 Å².